The minimum absolute atomic E-state index is 0.107. The fraction of sp³-hybridized carbons (Fsp3) is 0.643. The Kier molecular flexibility index (Phi) is 6.55. The monoisotopic (exact) mass is 630 g/mol. The molecule has 4 saturated heterocycles. The largest absolute Gasteiger partial charge is 0.461 e. The van der Waals surface area contributed by atoms with Crippen LogP contribution in [-0.4, -0.2) is 97.5 Å². The average molecular weight is 632 g/mol. The van der Waals surface area contributed by atoms with E-state index in [1.165, 1.54) is 0 Å². The molecule has 3 aromatic heterocycles. The van der Waals surface area contributed by atoms with Gasteiger partial charge in [-0.25, -0.2) is 19.2 Å². The van der Waals surface area contributed by atoms with Gasteiger partial charge in [-0.15, -0.1) is 0 Å². The van der Waals surface area contributed by atoms with E-state index >= 15 is 0 Å². The number of halogens is 2. The standard InChI is InChI=1S/C28H36BrFN8O3/c1-27(2,3)41-26(39)34-38-18-5-6-19(38)15-35(14-18)24-22-21(11-20(29)23-31-8-10-37(22)23)32-25(33-24)40-16-28-7-4-9-36(28)13-17(30)12-28/h8,10-11,17-19H,4-7,9,12-16H2,1-3H3,(H,34,39)/t17-,18-,19+,28+/m1/s1. The summed E-state index contributed by atoms with van der Waals surface area (Å²) in [6.45, 7) is 8.68. The molecule has 3 aromatic rings. The van der Waals surface area contributed by atoms with Gasteiger partial charge < -0.3 is 14.4 Å². The summed E-state index contributed by atoms with van der Waals surface area (Å²) >= 11 is 3.65. The van der Waals surface area contributed by atoms with Crippen molar-refractivity contribution in [3.05, 3.63) is 22.9 Å². The smallest absolute Gasteiger partial charge is 0.422 e. The highest BCUT2D eigenvalue weighted by atomic mass is 79.9. The van der Waals surface area contributed by atoms with E-state index in [0.717, 1.165) is 59.2 Å². The molecule has 0 aliphatic carbocycles. The van der Waals surface area contributed by atoms with E-state index < -0.39 is 17.9 Å². The van der Waals surface area contributed by atoms with E-state index in [1.807, 2.05) is 37.4 Å². The molecule has 7 rings (SSSR count). The number of aromatic nitrogens is 4. The van der Waals surface area contributed by atoms with Gasteiger partial charge in [0.25, 0.3) is 0 Å². The lowest BCUT2D eigenvalue weighted by atomic mass is 9.95. The van der Waals surface area contributed by atoms with Crippen molar-refractivity contribution in [3.8, 4) is 6.01 Å². The van der Waals surface area contributed by atoms with Crippen molar-refractivity contribution in [1.82, 2.24) is 34.7 Å². The van der Waals surface area contributed by atoms with Crippen molar-refractivity contribution >= 4 is 44.5 Å². The van der Waals surface area contributed by atoms with E-state index in [4.69, 9.17) is 19.4 Å². The molecule has 220 valence electrons. The van der Waals surface area contributed by atoms with Gasteiger partial charge in [-0.1, -0.05) is 0 Å². The predicted octanol–water partition coefficient (Wildman–Crippen LogP) is 4.09. The van der Waals surface area contributed by atoms with Crippen LogP contribution in [0, 0.1) is 0 Å². The third-order valence-electron chi connectivity index (χ3n) is 8.86. The third kappa shape index (κ3) is 4.89. The molecule has 4 atom stereocenters. The number of carbonyl (C=O) groups is 1. The Bertz CT molecular complexity index is 1480. The Morgan fingerprint density at radius 2 is 2.00 bits per heavy atom. The number of hydrogen-bond acceptors (Lipinski definition) is 9. The highest BCUT2D eigenvalue weighted by Gasteiger charge is 2.49. The van der Waals surface area contributed by atoms with E-state index in [1.54, 1.807) is 6.20 Å². The zero-order valence-electron chi connectivity index (χ0n) is 23.6. The topological polar surface area (TPSA) is 100 Å². The van der Waals surface area contributed by atoms with Crippen molar-refractivity contribution in [2.24, 2.45) is 0 Å². The number of carbonyl (C=O) groups excluding carboxylic acids is 1. The van der Waals surface area contributed by atoms with Gasteiger partial charge >= 0.3 is 12.1 Å². The number of piperazine rings is 1. The lowest BCUT2D eigenvalue weighted by molar-refractivity contribution is 0.0196. The van der Waals surface area contributed by atoms with Crippen molar-refractivity contribution in [2.75, 3.05) is 37.7 Å². The number of rotatable bonds is 5. The summed E-state index contributed by atoms with van der Waals surface area (Å²) in [5, 5.41) is 2.05. The van der Waals surface area contributed by atoms with Gasteiger partial charge in [0, 0.05) is 50.5 Å². The fourth-order valence-electron chi connectivity index (χ4n) is 7.21. The average Bonchev–Trinajstić information content (AvgIpc) is 3.63. The first-order valence-corrected chi connectivity index (χ1v) is 15.3. The Morgan fingerprint density at radius 3 is 2.76 bits per heavy atom. The molecule has 0 saturated carbocycles. The van der Waals surface area contributed by atoms with Crippen LogP contribution in [0.15, 0.2) is 22.9 Å². The lowest BCUT2D eigenvalue weighted by Gasteiger charge is -2.41. The van der Waals surface area contributed by atoms with Crippen molar-refractivity contribution < 1.29 is 18.7 Å². The number of alkyl halides is 1. The van der Waals surface area contributed by atoms with Crippen LogP contribution in [0.2, 0.25) is 0 Å². The van der Waals surface area contributed by atoms with Gasteiger partial charge in [0.05, 0.1) is 15.5 Å². The van der Waals surface area contributed by atoms with Crippen LogP contribution in [0.5, 0.6) is 6.01 Å². The minimum atomic E-state index is -0.821. The number of anilines is 1. The number of imidazole rings is 1. The predicted molar refractivity (Wildman–Crippen MR) is 155 cm³/mol. The molecular weight excluding hydrogens is 595 g/mol. The molecular formula is C28H36BrFN8O3. The highest BCUT2D eigenvalue weighted by molar-refractivity contribution is 9.10. The maximum Gasteiger partial charge on any atom is 0.422 e. The SMILES string of the molecule is CC(C)(C)OC(=O)NN1[C@@H]2CC[C@H]1CN(c1nc(OC[C@@]34CCCN3C[C@H](F)C4)nc3cc(Br)c4nccn4c13)C2. The first kappa shape index (κ1) is 27.1. The Morgan fingerprint density at radius 1 is 1.22 bits per heavy atom. The van der Waals surface area contributed by atoms with Crippen molar-refractivity contribution in [1.29, 1.82) is 0 Å². The van der Waals surface area contributed by atoms with Crippen LogP contribution in [0.1, 0.15) is 52.9 Å². The van der Waals surface area contributed by atoms with Crippen LogP contribution in [0.3, 0.4) is 0 Å². The minimum Gasteiger partial charge on any atom is -0.461 e. The van der Waals surface area contributed by atoms with Crippen LogP contribution >= 0.6 is 15.9 Å². The lowest BCUT2D eigenvalue weighted by Crippen LogP contribution is -2.60. The van der Waals surface area contributed by atoms with Crippen LogP contribution in [0.25, 0.3) is 16.7 Å². The second-order valence-electron chi connectivity index (χ2n) is 12.9. The van der Waals surface area contributed by atoms with E-state index in [-0.39, 0.29) is 17.6 Å². The van der Waals surface area contributed by atoms with E-state index in [2.05, 4.69) is 41.1 Å². The number of ether oxygens (including phenoxy) is 2. The summed E-state index contributed by atoms with van der Waals surface area (Å²) in [5.74, 6) is 0.768. The molecule has 4 aliphatic heterocycles. The first-order valence-electron chi connectivity index (χ1n) is 14.5. The Hall–Kier alpha value is -2.77. The second kappa shape index (κ2) is 9.91. The number of nitrogens with one attached hydrogen (secondary N) is 1. The number of hydrazine groups is 1. The third-order valence-corrected chi connectivity index (χ3v) is 9.45. The molecule has 0 unspecified atom stereocenters. The Labute approximate surface area is 246 Å². The number of fused-ring (bicyclic) bond motifs is 6. The zero-order chi connectivity index (χ0) is 28.5. The maximum atomic E-state index is 14.4. The normalized spacial score (nSPS) is 28.5. The molecule has 4 fully saturated rings. The summed E-state index contributed by atoms with van der Waals surface area (Å²) in [5.41, 5.74) is 4.52. The molecule has 1 amide bonds. The summed E-state index contributed by atoms with van der Waals surface area (Å²) in [7, 11) is 0. The molecule has 4 aliphatic rings. The number of nitrogens with zero attached hydrogens (tertiary/aromatic N) is 7. The fourth-order valence-corrected chi connectivity index (χ4v) is 7.72. The van der Waals surface area contributed by atoms with Gasteiger partial charge in [-0.2, -0.15) is 9.97 Å². The van der Waals surface area contributed by atoms with E-state index in [9.17, 15) is 9.18 Å². The molecule has 13 heteroatoms. The zero-order valence-corrected chi connectivity index (χ0v) is 25.2. The first-order chi connectivity index (χ1) is 19.6. The van der Waals surface area contributed by atoms with Gasteiger partial charge in [-0.05, 0) is 75.0 Å². The van der Waals surface area contributed by atoms with E-state index in [0.29, 0.717) is 38.7 Å². The van der Waals surface area contributed by atoms with Crippen LogP contribution < -0.4 is 15.1 Å². The molecule has 0 radical (unpaired) electrons. The van der Waals surface area contributed by atoms with Crippen molar-refractivity contribution in [3.63, 3.8) is 0 Å². The summed E-state index contributed by atoms with van der Waals surface area (Å²) in [6.07, 6.45) is 6.81. The summed E-state index contributed by atoms with van der Waals surface area (Å²) in [6, 6.07) is 2.47. The molecule has 2 bridgehead atoms. The molecule has 41 heavy (non-hydrogen) atoms. The van der Waals surface area contributed by atoms with Crippen molar-refractivity contribution in [2.45, 2.75) is 82.3 Å². The van der Waals surface area contributed by atoms with Gasteiger partial charge in [0.15, 0.2) is 11.5 Å². The van der Waals surface area contributed by atoms with Gasteiger partial charge in [0.1, 0.15) is 23.9 Å². The maximum absolute atomic E-state index is 14.4. The molecule has 0 aromatic carbocycles. The Balaban J connectivity index is 1.20. The van der Waals surface area contributed by atoms with Gasteiger partial charge in [0.2, 0.25) is 0 Å². The van der Waals surface area contributed by atoms with Crippen LogP contribution in [0.4, 0.5) is 15.0 Å². The van der Waals surface area contributed by atoms with Gasteiger partial charge in [-0.3, -0.25) is 14.7 Å². The quantitative estimate of drug-likeness (QED) is 0.447. The summed E-state index contributed by atoms with van der Waals surface area (Å²) in [4.78, 5) is 31.4. The molecule has 1 N–H and O–H groups in total. The molecule has 0 spiro atoms. The second-order valence-corrected chi connectivity index (χ2v) is 13.7. The molecule has 7 heterocycles. The number of amides is 1. The summed E-state index contributed by atoms with van der Waals surface area (Å²) < 4.78 is 29.1. The number of pyridine rings is 1. The molecule has 11 nitrogen and oxygen atoms in total. The highest BCUT2D eigenvalue weighted by Crippen LogP contribution is 2.41. The number of hydrogen-bond donors (Lipinski definition) is 1. The van der Waals surface area contributed by atoms with Crippen LogP contribution in [-0.2, 0) is 4.74 Å².